The summed E-state index contributed by atoms with van der Waals surface area (Å²) >= 11 is 6.49. The molecule has 0 saturated heterocycles. The van der Waals surface area contributed by atoms with Gasteiger partial charge in [-0.15, -0.1) is 18.1 Å². The molecule has 0 aromatic heterocycles. The fraction of sp³-hybridized carbons (Fsp3) is 0. The standard InChI is InChI=1S/Cu.2Na.2H2O3S2/c;;;2*1-5(2,3)4/h;;;2*(H2,1,2,3,4)/q+2;2*+1;;/p-4. The van der Waals surface area contributed by atoms with Crippen molar-refractivity contribution in [3.63, 3.8) is 0 Å². The fourth-order valence-electron chi connectivity index (χ4n) is 0. The van der Waals surface area contributed by atoms with Gasteiger partial charge in [-0.1, -0.05) is 0 Å². The van der Waals surface area contributed by atoms with Crippen LogP contribution in [0.2, 0.25) is 0 Å². The van der Waals surface area contributed by atoms with Crippen molar-refractivity contribution in [3.8, 4) is 0 Å². The summed E-state index contributed by atoms with van der Waals surface area (Å²) in [4.78, 5) is 0. The SMILES string of the molecule is O=S([O-])([O-])=S.O=S([O-])([O-])=S.[Cu+2].[Na+].[Na+]. The molecule has 0 bridgehead atoms. The van der Waals surface area contributed by atoms with Gasteiger partial charge in [0.1, 0.15) is 0 Å². The molecule has 0 rings (SSSR count). The van der Waals surface area contributed by atoms with Crippen molar-refractivity contribution in [1.82, 2.24) is 0 Å². The molecule has 0 saturated carbocycles. The molecule has 0 heterocycles. The van der Waals surface area contributed by atoms with E-state index >= 15 is 0 Å². The van der Waals surface area contributed by atoms with E-state index in [-0.39, 0.29) is 76.2 Å². The van der Waals surface area contributed by atoms with Crippen LogP contribution in [0.1, 0.15) is 0 Å². The Kier molecular flexibility index (Phi) is 30.2. The molecule has 0 aliphatic rings. The molecule has 0 N–H and O–H groups in total. The third kappa shape index (κ3) is 270. The van der Waals surface area contributed by atoms with E-state index in [2.05, 4.69) is 22.4 Å². The van der Waals surface area contributed by atoms with Gasteiger partial charge < -0.3 is 18.2 Å². The van der Waals surface area contributed by atoms with Gasteiger partial charge >= 0.3 is 76.2 Å². The molecular formula is CuNa2O6S4. The van der Waals surface area contributed by atoms with Crippen LogP contribution >= 0.6 is 0 Å². The maximum absolute atomic E-state index is 8.89. The summed E-state index contributed by atoms with van der Waals surface area (Å²) in [6.45, 7) is 0. The maximum Gasteiger partial charge on any atom is 2.00 e. The summed E-state index contributed by atoms with van der Waals surface area (Å²) in [5.74, 6) is 0. The fourth-order valence-corrected chi connectivity index (χ4v) is 0. The van der Waals surface area contributed by atoms with Crippen LogP contribution in [0.5, 0.6) is 0 Å². The normalized spacial score (nSPS) is 8.92. The molecule has 0 amide bonds. The second kappa shape index (κ2) is 13.2. The van der Waals surface area contributed by atoms with Gasteiger partial charge in [0.25, 0.3) is 0 Å². The van der Waals surface area contributed by atoms with Gasteiger partial charge in [-0.05, 0) is 22.4 Å². The first-order valence-corrected chi connectivity index (χ1v) is 6.00. The topological polar surface area (TPSA) is 126 Å². The van der Waals surface area contributed by atoms with Crippen LogP contribution in [0.3, 0.4) is 0 Å². The first kappa shape index (κ1) is 29.8. The van der Waals surface area contributed by atoms with Gasteiger partial charge in [0.05, 0.1) is 0 Å². The zero-order valence-electron chi connectivity index (χ0n) is 6.38. The van der Waals surface area contributed by atoms with Crippen molar-refractivity contribution in [2.45, 2.75) is 0 Å². The van der Waals surface area contributed by atoms with Gasteiger partial charge in [0, 0.05) is 0 Å². The molecule has 0 atom stereocenters. The molecule has 0 fully saturated rings. The zero-order valence-corrected chi connectivity index (χ0v) is 14.6. The summed E-state index contributed by atoms with van der Waals surface area (Å²) in [5, 5.41) is 0. The van der Waals surface area contributed by atoms with Gasteiger partial charge in [-0.3, -0.25) is 8.42 Å². The van der Waals surface area contributed by atoms with Crippen molar-refractivity contribution in [2.75, 3.05) is 0 Å². The zero-order chi connectivity index (χ0) is 9.00. The van der Waals surface area contributed by atoms with E-state index in [4.69, 9.17) is 26.6 Å². The third-order valence-electron chi connectivity index (χ3n) is 0. The van der Waals surface area contributed by atoms with Crippen molar-refractivity contribution in [2.24, 2.45) is 0 Å². The van der Waals surface area contributed by atoms with E-state index < -0.39 is 18.1 Å². The van der Waals surface area contributed by atoms with Gasteiger partial charge in [0.15, 0.2) is 0 Å². The Bertz CT molecular complexity index is 219. The van der Waals surface area contributed by atoms with Crippen molar-refractivity contribution < 1.29 is 103 Å². The van der Waals surface area contributed by atoms with Crippen LogP contribution in [0, 0.1) is 0 Å². The Hall–Kier alpha value is 3.10. The molecule has 0 aromatic carbocycles. The Balaban J connectivity index is -0.0000000267. The molecule has 13 heavy (non-hydrogen) atoms. The Labute approximate surface area is 141 Å². The van der Waals surface area contributed by atoms with Gasteiger partial charge in [-0.2, -0.15) is 0 Å². The average molecular weight is 334 g/mol. The predicted octanol–water partition coefficient (Wildman–Crippen LogP) is -8.01. The molecule has 6 nitrogen and oxygen atoms in total. The van der Waals surface area contributed by atoms with Crippen LogP contribution in [0.15, 0.2) is 0 Å². The van der Waals surface area contributed by atoms with Gasteiger partial charge in [-0.25, -0.2) is 0 Å². The molecule has 0 aliphatic heterocycles. The van der Waals surface area contributed by atoms with Crippen molar-refractivity contribution in [3.05, 3.63) is 0 Å². The van der Waals surface area contributed by atoms with E-state index in [1.165, 1.54) is 0 Å². The van der Waals surface area contributed by atoms with E-state index in [1.54, 1.807) is 0 Å². The quantitative estimate of drug-likeness (QED) is 0.400. The Morgan fingerprint density at radius 3 is 0.769 bits per heavy atom. The van der Waals surface area contributed by atoms with Crippen molar-refractivity contribution >= 4 is 40.5 Å². The Morgan fingerprint density at radius 1 is 0.769 bits per heavy atom. The molecule has 73 valence electrons. The third-order valence-corrected chi connectivity index (χ3v) is 0. The first-order chi connectivity index (χ1) is 4.00. The Morgan fingerprint density at radius 2 is 0.769 bits per heavy atom. The van der Waals surface area contributed by atoms with E-state index in [9.17, 15) is 0 Å². The minimum atomic E-state index is -4.33. The largest absolute Gasteiger partial charge is 2.00 e. The second-order valence-electron chi connectivity index (χ2n) is 0.816. The maximum atomic E-state index is 8.89. The number of rotatable bonds is 0. The minimum Gasteiger partial charge on any atom is -0.780 e. The van der Waals surface area contributed by atoms with Gasteiger partial charge in [0.2, 0.25) is 0 Å². The van der Waals surface area contributed by atoms with Crippen LogP contribution in [-0.2, 0) is 57.6 Å². The van der Waals surface area contributed by atoms with Crippen LogP contribution in [-0.4, -0.2) is 26.6 Å². The summed E-state index contributed by atoms with van der Waals surface area (Å²) in [6.07, 6.45) is 0. The van der Waals surface area contributed by atoms with E-state index in [1.807, 2.05) is 0 Å². The monoisotopic (exact) mass is 333 g/mol. The first-order valence-electron chi connectivity index (χ1n) is 1.33. The van der Waals surface area contributed by atoms with E-state index in [0.717, 1.165) is 0 Å². The van der Waals surface area contributed by atoms with Crippen LogP contribution < -0.4 is 59.1 Å². The summed E-state index contributed by atoms with van der Waals surface area (Å²) in [7, 11) is -8.67. The molecular weight excluding hydrogens is 334 g/mol. The summed E-state index contributed by atoms with van der Waals surface area (Å²) < 4.78 is 53.3. The molecule has 13 heteroatoms. The number of hydrogen-bond acceptors (Lipinski definition) is 8. The van der Waals surface area contributed by atoms with Crippen LogP contribution in [0.25, 0.3) is 0 Å². The number of hydrogen-bond donors (Lipinski definition) is 0. The summed E-state index contributed by atoms with van der Waals surface area (Å²) in [6, 6.07) is 0. The molecule has 0 spiro atoms. The van der Waals surface area contributed by atoms with Crippen molar-refractivity contribution in [1.29, 1.82) is 0 Å². The smallest absolute Gasteiger partial charge is 0.780 e. The second-order valence-corrected chi connectivity index (χ2v) is 4.90. The van der Waals surface area contributed by atoms with E-state index in [0.29, 0.717) is 0 Å². The van der Waals surface area contributed by atoms with Crippen LogP contribution in [0.4, 0.5) is 0 Å². The molecule has 0 aliphatic carbocycles. The molecule has 0 unspecified atom stereocenters. The molecule has 1 radical (unpaired) electrons. The molecule has 0 aromatic rings. The predicted molar refractivity (Wildman–Crippen MR) is 34.1 cm³/mol. The summed E-state index contributed by atoms with van der Waals surface area (Å²) in [5.41, 5.74) is 0. The average Bonchev–Trinajstić information content (AvgIpc) is 1.12. The minimum absolute atomic E-state index is 0.